The first-order chi connectivity index (χ1) is 8.36. The molecule has 0 amide bonds. The van der Waals surface area contributed by atoms with Crippen molar-refractivity contribution >= 4 is 16.9 Å². The molecule has 1 aliphatic rings. The van der Waals surface area contributed by atoms with E-state index in [1.54, 1.807) is 0 Å². The zero-order valence-electron chi connectivity index (χ0n) is 10.2. The zero-order chi connectivity index (χ0) is 11.7. The predicted molar refractivity (Wildman–Crippen MR) is 69.1 cm³/mol. The number of hydrogen-bond acceptors (Lipinski definition) is 3. The van der Waals surface area contributed by atoms with Crippen LogP contribution in [0.4, 0.5) is 5.82 Å². The maximum absolute atomic E-state index is 4.65. The van der Waals surface area contributed by atoms with Crippen molar-refractivity contribution in [2.75, 3.05) is 5.32 Å². The maximum atomic E-state index is 4.65. The van der Waals surface area contributed by atoms with Gasteiger partial charge in [-0.2, -0.15) is 0 Å². The molecule has 1 saturated carbocycles. The molecule has 90 valence electrons. The largest absolute Gasteiger partial charge is 0.367 e. The highest BCUT2D eigenvalue weighted by Crippen LogP contribution is 2.27. The molecule has 2 aromatic heterocycles. The highest BCUT2D eigenvalue weighted by Gasteiger charge is 2.22. The molecular formula is C13H18N4. The molecule has 17 heavy (non-hydrogen) atoms. The summed E-state index contributed by atoms with van der Waals surface area (Å²) >= 11 is 0. The number of nitrogens with zero attached hydrogens (tertiary/aromatic N) is 2. The van der Waals surface area contributed by atoms with Crippen molar-refractivity contribution in [3.63, 3.8) is 0 Å². The Labute approximate surface area is 101 Å². The number of rotatable bonds is 5. The lowest BCUT2D eigenvalue weighted by atomic mass is 10.2. The minimum atomic E-state index is 0.627. The van der Waals surface area contributed by atoms with Gasteiger partial charge in [0.25, 0.3) is 0 Å². The van der Waals surface area contributed by atoms with Crippen molar-refractivity contribution in [3.05, 3.63) is 18.1 Å². The van der Waals surface area contributed by atoms with Gasteiger partial charge in [-0.05, 0) is 25.3 Å². The second-order valence-electron chi connectivity index (χ2n) is 4.75. The summed E-state index contributed by atoms with van der Waals surface area (Å²) < 4.78 is 0. The van der Waals surface area contributed by atoms with Crippen LogP contribution in [0.2, 0.25) is 0 Å². The van der Waals surface area contributed by atoms with E-state index in [1.165, 1.54) is 19.3 Å². The molecule has 0 aromatic carbocycles. The summed E-state index contributed by atoms with van der Waals surface area (Å²) in [5, 5.41) is 4.60. The molecule has 2 heterocycles. The Balaban J connectivity index is 1.94. The van der Waals surface area contributed by atoms with Gasteiger partial charge in [-0.1, -0.05) is 13.3 Å². The third-order valence-electron chi connectivity index (χ3n) is 3.13. The minimum Gasteiger partial charge on any atom is -0.367 e. The Morgan fingerprint density at radius 1 is 1.41 bits per heavy atom. The molecular weight excluding hydrogens is 212 g/mol. The fourth-order valence-electron chi connectivity index (χ4n) is 1.97. The molecule has 1 fully saturated rings. The third kappa shape index (κ3) is 2.25. The van der Waals surface area contributed by atoms with Crippen LogP contribution < -0.4 is 5.32 Å². The predicted octanol–water partition coefficient (Wildman–Crippen LogP) is 2.87. The third-order valence-corrected chi connectivity index (χ3v) is 3.13. The van der Waals surface area contributed by atoms with E-state index in [0.717, 1.165) is 35.5 Å². The van der Waals surface area contributed by atoms with Crippen LogP contribution in [0, 0.1) is 0 Å². The molecule has 0 radical (unpaired) electrons. The molecule has 4 heteroatoms. The van der Waals surface area contributed by atoms with E-state index >= 15 is 0 Å². The summed E-state index contributed by atoms with van der Waals surface area (Å²) in [5.74, 6) is 1.95. The molecule has 3 rings (SSSR count). The van der Waals surface area contributed by atoms with E-state index in [1.807, 2.05) is 12.3 Å². The average Bonchev–Trinajstić information content (AvgIpc) is 3.01. The van der Waals surface area contributed by atoms with Crippen molar-refractivity contribution in [3.8, 4) is 0 Å². The number of aromatic nitrogens is 3. The SMILES string of the molecule is CCCCc1nc(NC2CC2)c2cc[nH]c2n1. The Morgan fingerprint density at radius 3 is 3.06 bits per heavy atom. The quantitative estimate of drug-likeness (QED) is 0.830. The Kier molecular flexibility index (Phi) is 2.71. The van der Waals surface area contributed by atoms with Crippen LogP contribution in [-0.4, -0.2) is 21.0 Å². The Hall–Kier alpha value is -1.58. The number of H-pyrrole nitrogens is 1. The van der Waals surface area contributed by atoms with E-state index in [2.05, 4.69) is 27.2 Å². The second kappa shape index (κ2) is 4.35. The van der Waals surface area contributed by atoms with E-state index in [-0.39, 0.29) is 0 Å². The summed E-state index contributed by atoms with van der Waals surface area (Å²) in [4.78, 5) is 12.4. The first-order valence-corrected chi connectivity index (χ1v) is 6.47. The minimum absolute atomic E-state index is 0.627. The van der Waals surface area contributed by atoms with Crippen LogP contribution in [-0.2, 0) is 6.42 Å². The average molecular weight is 230 g/mol. The zero-order valence-corrected chi connectivity index (χ0v) is 10.2. The van der Waals surface area contributed by atoms with Crippen molar-refractivity contribution in [1.82, 2.24) is 15.0 Å². The molecule has 0 bridgehead atoms. The van der Waals surface area contributed by atoms with Gasteiger partial charge in [-0.25, -0.2) is 9.97 Å². The van der Waals surface area contributed by atoms with Crippen molar-refractivity contribution in [1.29, 1.82) is 0 Å². The number of hydrogen-bond donors (Lipinski definition) is 2. The van der Waals surface area contributed by atoms with Gasteiger partial charge in [-0.15, -0.1) is 0 Å². The topological polar surface area (TPSA) is 53.6 Å². The summed E-state index contributed by atoms with van der Waals surface area (Å²) in [6, 6.07) is 2.67. The van der Waals surface area contributed by atoms with Gasteiger partial charge >= 0.3 is 0 Å². The number of aryl methyl sites for hydroxylation is 1. The summed E-state index contributed by atoms with van der Waals surface area (Å²) in [7, 11) is 0. The van der Waals surface area contributed by atoms with Crippen molar-refractivity contribution in [2.24, 2.45) is 0 Å². The summed E-state index contributed by atoms with van der Waals surface area (Å²) in [6.45, 7) is 2.19. The highest BCUT2D eigenvalue weighted by molar-refractivity contribution is 5.87. The van der Waals surface area contributed by atoms with E-state index in [0.29, 0.717) is 6.04 Å². The molecule has 0 aliphatic heterocycles. The first-order valence-electron chi connectivity index (χ1n) is 6.47. The van der Waals surface area contributed by atoms with Gasteiger partial charge in [0.15, 0.2) is 0 Å². The molecule has 1 aliphatic carbocycles. The maximum Gasteiger partial charge on any atom is 0.143 e. The van der Waals surface area contributed by atoms with Gasteiger partial charge in [0, 0.05) is 18.7 Å². The van der Waals surface area contributed by atoms with Crippen LogP contribution >= 0.6 is 0 Å². The summed E-state index contributed by atoms with van der Waals surface area (Å²) in [6.07, 6.45) is 7.75. The fourth-order valence-corrected chi connectivity index (χ4v) is 1.97. The standard InChI is InChI=1S/C13H18N4/c1-2-3-4-11-16-12-10(7-8-14-12)13(17-11)15-9-5-6-9/h7-9H,2-6H2,1H3,(H2,14,15,16,17). The lowest BCUT2D eigenvalue weighted by Gasteiger charge is -2.07. The lowest BCUT2D eigenvalue weighted by Crippen LogP contribution is -2.06. The smallest absolute Gasteiger partial charge is 0.143 e. The highest BCUT2D eigenvalue weighted by atomic mass is 15.1. The molecule has 2 aromatic rings. The number of aromatic amines is 1. The van der Waals surface area contributed by atoms with E-state index < -0.39 is 0 Å². The Morgan fingerprint density at radius 2 is 2.29 bits per heavy atom. The van der Waals surface area contributed by atoms with Crippen LogP contribution in [0.3, 0.4) is 0 Å². The molecule has 2 N–H and O–H groups in total. The van der Waals surface area contributed by atoms with Gasteiger partial charge in [-0.3, -0.25) is 0 Å². The van der Waals surface area contributed by atoms with E-state index in [9.17, 15) is 0 Å². The number of unbranched alkanes of at least 4 members (excludes halogenated alkanes) is 1. The van der Waals surface area contributed by atoms with Crippen LogP contribution in [0.1, 0.15) is 38.4 Å². The second-order valence-corrected chi connectivity index (χ2v) is 4.75. The molecule has 4 nitrogen and oxygen atoms in total. The first kappa shape index (κ1) is 10.6. The van der Waals surface area contributed by atoms with Gasteiger partial charge < -0.3 is 10.3 Å². The normalized spacial score (nSPS) is 15.4. The number of nitrogens with one attached hydrogen (secondary N) is 2. The van der Waals surface area contributed by atoms with Crippen LogP contribution in [0.5, 0.6) is 0 Å². The fraction of sp³-hybridized carbons (Fsp3) is 0.538. The lowest BCUT2D eigenvalue weighted by molar-refractivity contribution is 0.756. The van der Waals surface area contributed by atoms with Crippen LogP contribution in [0.25, 0.3) is 11.0 Å². The van der Waals surface area contributed by atoms with Gasteiger partial charge in [0.2, 0.25) is 0 Å². The molecule has 0 saturated heterocycles. The van der Waals surface area contributed by atoms with Crippen molar-refractivity contribution < 1.29 is 0 Å². The van der Waals surface area contributed by atoms with E-state index in [4.69, 9.17) is 0 Å². The van der Waals surface area contributed by atoms with Gasteiger partial charge in [0.05, 0.1) is 5.39 Å². The molecule has 0 unspecified atom stereocenters. The molecule has 0 spiro atoms. The van der Waals surface area contributed by atoms with Crippen LogP contribution in [0.15, 0.2) is 12.3 Å². The number of anilines is 1. The molecule has 0 atom stereocenters. The number of fused-ring (bicyclic) bond motifs is 1. The van der Waals surface area contributed by atoms with Gasteiger partial charge in [0.1, 0.15) is 17.3 Å². The van der Waals surface area contributed by atoms with Crippen molar-refractivity contribution in [2.45, 2.75) is 45.1 Å². The summed E-state index contributed by atoms with van der Waals surface area (Å²) in [5.41, 5.74) is 0.953. The monoisotopic (exact) mass is 230 g/mol. The Bertz CT molecular complexity index is 513.